The zero-order chi connectivity index (χ0) is 13.0. The van der Waals surface area contributed by atoms with Gasteiger partial charge in [-0.15, -0.1) is 0 Å². The fraction of sp³-hybridized carbons (Fsp3) is 0.571. The number of nitrogens with zero attached hydrogens (tertiary/aromatic N) is 2. The zero-order valence-corrected chi connectivity index (χ0v) is 10.7. The predicted octanol–water partition coefficient (Wildman–Crippen LogP) is 2.30. The van der Waals surface area contributed by atoms with Crippen molar-refractivity contribution < 1.29 is 4.74 Å². The molecule has 2 atom stereocenters. The molecule has 1 aromatic rings. The van der Waals surface area contributed by atoms with Crippen LogP contribution in [0.2, 0.25) is 0 Å². The minimum atomic E-state index is -0.0195. The van der Waals surface area contributed by atoms with Gasteiger partial charge in [0.15, 0.2) is 0 Å². The van der Waals surface area contributed by atoms with E-state index in [0.29, 0.717) is 11.4 Å². The van der Waals surface area contributed by atoms with Gasteiger partial charge in [0.25, 0.3) is 0 Å². The van der Waals surface area contributed by atoms with E-state index in [2.05, 4.69) is 11.1 Å². The number of aryl methyl sites for hydroxylation is 1. The van der Waals surface area contributed by atoms with Gasteiger partial charge in [0, 0.05) is 11.7 Å². The van der Waals surface area contributed by atoms with E-state index in [1.807, 2.05) is 13.0 Å². The van der Waals surface area contributed by atoms with Gasteiger partial charge in [0.05, 0.1) is 0 Å². The summed E-state index contributed by atoms with van der Waals surface area (Å²) < 4.78 is 5.89. The third-order valence-electron chi connectivity index (χ3n) is 3.39. The Morgan fingerprint density at radius 2 is 2.11 bits per heavy atom. The van der Waals surface area contributed by atoms with Crippen molar-refractivity contribution in [3.8, 4) is 11.9 Å². The molecule has 0 radical (unpaired) electrons. The van der Waals surface area contributed by atoms with E-state index in [4.69, 9.17) is 15.7 Å². The molecule has 1 aliphatic rings. The van der Waals surface area contributed by atoms with E-state index in [1.54, 1.807) is 6.07 Å². The standard InChI is InChI=1S/C14H19N3O/c1-10-7-8-11(9-15)14(17-10)18-13-6-4-2-3-5-12(13)16/h7-8,12-13H,2-6,16H2,1H3. The third-order valence-corrected chi connectivity index (χ3v) is 3.39. The Kier molecular flexibility index (Phi) is 4.16. The number of rotatable bonds is 2. The Labute approximate surface area is 108 Å². The quantitative estimate of drug-likeness (QED) is 0.811. The maximum Gasteiger partial charge on any atom is 0.232 e. The first-order chi connectivity index (χ1) is 8.70. The first-order valence-corrected chi connectivity index (χ1v) is 6.50. The van der Waals surface area contributed by atoms with Gasteiger partial charge in [-0.3, -0.25) is 0 Å². The van der Waals surface area contributed by atoms with E-state index in [-0.39, 0.29) is 12.1 Å². The van der Waals surface area contributed by atoms with Gasteiger partial charge in [-0.05, 0) is 38.3 Å². The summed E-state index contributed by atoms with van der Waals surface area (Å²) in [5, 5.41) is 9.06. The molecule has 0 spiro atoms. The lowest BCUT2D eigenvalue weighted by atomic mass is 10.1. The summed E-state index contributed by atoms with van der Waals surface area (Å²) in [6.45, 7) is 1.89. The summed E-state index contributed by atoms with van der Waals surface area (Å²) in [7, 11) is 0. The maximum atomic E-state index is 9.06. The molecule has 1 saturated carbocycles. The van der Waals surface area contributed by atoms with Gasteiger partial charge in [-0.2, -0.15) is 5.26 Å². The van der Waals surface area contributed by atoms with Crippen molar-refractivity contribution in [3.05, 3.63) is 23.4 Å². The van der Waals surface area contributed by atoms with Crippen molar-refractivity contribution in [2.24, 2.45) is 5.73 Å². The van der Waals surface area contributed by atoms with E-state index < -0.39 is 0 Å². The van der Waals surface area contributed by atoms with Gasteiger partial charge in [0.2, 0.25) is 5.88 Å². The summed E-state index contributed by atoms with van der Waals surface area (Å²) in [6, 6.07) is 5.73. The molecule has 0 aromatic carbocycles. The SMILES string of the molecule is Cc1ccc(C#N)c(OC2CCCCCC2N)n1. The van der Waals surface area contributed by atoms with Crippen LogP contribution in [0.15, 0.2) is 12.1 Å². The minimum absolute atomic E-state index is 0.0195. The second-order valence-electron chi connectivity index (χ2n) is 4.88. The van der Waals surface area contributed by atoms with Gasteiger partial charge in [-0.1, -0.05) is 12.8 Å². The normalized spacial score (nSPS) is 24.1. The van der Waals surface area contributed by atoms with Crippen molar-refractivity contribution in [2.45, 2.75) is 51.2 Å². The second-order valence-corrected chi connectivity index (χ2v) is 4.88. The van der Waals surface area contributed by atoms with Crippen molar-refractivity contribution in [2.75, 3.05) is 0 Å². The van der Waals surface area contributed by atoms with Crippen LogP contribution in [0.5, 0.6) is 5.88 Å². The highest BCUT2D eigenvalue weighted by Crippen LogP contribution is 2.23. The van der Waals surface area contributed by atoms with Crippen molar-refractivity contribution in [1.29, 1.82) is 5.26 Å². The molecule has 1 aliphatic carbocycles. The molecule has 0 bridgehead atoms. The van der Waals surface area contributed by atoms with Crippen LogP contribution >= 0.6 is 0 Å². The summed E-state index contributed by atoms with van der Waals surface area (Å²) in [4.78, 5) is 4.30. The fourth-order valence-corrected chi connectivity index (χ4v) is 2.30. The zero-order valence-electron chi connectivity index (χ0n) is 10.7. The first-order valence-electron chi connectivity index (χ1n) is 6.50. The topological polar surface area (TPSA) is 71.9 Å². The predicted molar refractivity (Wildman–Crippen MR) is 69.2 cm³/mol. The summed E-state index contributed by atoms with van der Waals surface area (Å²) >= 11 is 0. The van der Waals surface area contributed by atoms with Crippen LogP contribution in [0.1, 0.15) is 43.4 Å². The Morgan fingerprint density at radius 1 is 1.33 bits per heavy atom. The van der Waals surface area contributed by atoms with Crippen LogP contribution in [-0.2, 0) is 0 Å². The number of pyridine rings is 1. The van der Waals surface area contributed by atoms with Crippen molar-refractivity contribution in [3.63, 3.8) is 0 Å². The number of hydrogen-bond acceptors (Lipinski definition) is 4. The van der Waals surface area contributed by atoms with Crippen molar-refractivity contribution in [1.82, 2.24) is 4.98 Å². The van der Waals surface area contributed by atoms with Crippen LogP contribution in [-0.4, -0.2) is 17.1 Å². The number of nitrogens with two attached hydrogens (primary N) is 1. The molecule has 2 unspecified atom stereocenters. The number of hydrogen-bond donors (Lipinski definition) is 1. The third kappa shape index (κ3) is 2.99. The van der Waals surface area contributed by atoms with E-state index >= 15 is 0 Å². The van der Waals surface area contributed by atoms with Gasteiger partial charge in [0.1, 0.15) is 17.7 Å². The Balaban J connectivity index is 2.17. The fourth-order valence-electron chi connectivity index (χ4n) is 2.30. The largest absolute Gasteiger partial charge is 0.472 e. The maximum absolute atomic E-state index is 9.06. The number of aromatic nitrogens is 1. The minimum Gasteiger partial charge on any atom is -0.472 e. The summed E-state index contributed by atoms with van der Waals surface area (Å²) in [5.74, 6) is 0.430. The van der Waals surface area contributed by atoms with E-state index in [9.17, 15) is 0 Å². The highest BCUT2D eigenvalue weighted by atomic mass is 16.5. The Bertz CT molecular complexity index is 453. The van der Waals surface area contributed by atoms with Gasteiger partial charge >= 0.3 is 0 Å². The van der Waals surface area contributed by atoms with Crippen molar-refractivity contribution >= 4 is 0 Å². The van der Waals surface area contributed by atoms with Gasteiger partial charge in [-0.25, -0.2) is 4.98 Å². The Hall–Kier alpha value is -1.60. The lowest BCUT2D eigenvalue weighted by Crippen LogP contribution is -2.38. The van der Waals surface area contributed by atoms with E-state index in [1.165, 1.54) is 6.42 Å². The molecule has 1 aromatic heterocycles. The second kappa shape index (κ2) is 5.83. The molecule has 4 heteroatoms. The molecule has 1 fully saturated rings. The number of ether oxygens (including phenoxy) is 1. The van der Waals surface area contributed by atoms with E-state index in [0.717, 1.165) is 31.4 Å². The monoisotopic (exact) mass is 245 g/mol. The van der Waals surface area contributed by atoms with Crippen LogP contribution in [0, 0.1) is 18.3 Å². The van der Waals surface area contributed by atoms with Crippen LogP contribution in [0.3, 0.4) is 0 Å². The van der Waals surface area contributed by atoms with Crippen LogP contribution in [0.4, 0.5) is 0 Å². The average Bonchev–Trinajstić information content (AvgIpc) is 2.55. The Morgan fingerprint density at radius 3 is 2.89 bits per heavy atom. The lowest BCUT2D eigenvalue weighted by molar-refractivity contribution is 0.155. The number of nitriles is 1. The smallest absolute Gasteiger partial charge is 0.232 e. The first kappa shape index (κ1) is 12.8. The van der Waals surface area contributed by atoms with Gasteiger partial charge < -0.3 is 10.5 Å². The molecule has 0 saturated heterocycles. The molecular formula is C14H19N3O. The van der Waals surface area contributed by atoms with Crippen LogP contribution in [0.25, 0.3) is 0 Å². The molecule has 2 rings (SSSR count). The lowest BCUT2D eigenvalue weighted by Gasteiger charge is -2.22. The molecule has 18 heavy (non-hydrogen) atoms. The summed E-state index contributed by atoms with van der Waals surface area (Å²) in [6.07, 6.45) is 5.41. The molecule has 1 heterocycles. The average molecular weight is 245 g/mol. The highest BCUT2D eigenvalue weighted by molar-refractivity contribution is 5.38. The molecule has 96 valence electrons. The molecule has 0 amide bonds. The highest BCUT2D eigenvalue weighted by Gasteiger charge is 2.23. The van der Waals surface area contributed by atoms with Crippen LogP contribution < -0.4 is 10.5 Å². The molecular weight excluding hydrogens is 226 g/mol. The molecule has 4 nitrogen and oxygen atoms in total. The molecule has 0 aliphatic heterocycles. The summed E-state index contributed by atoms with van der Waals surface area (Å²) in [5.41, 5.74) is 7.46. The molecule has 2 N–H and O–H groups in total.